The minimum absolute atomic E-state index is 0.182. The molecular weight excluding hydrogens is 260 g/mol. The molecule has 2 heteroatoms. The molecule has 0 amide bonds. The maximum Gasteiger partial charge on any atom is 0.119 e. The summed E-state index contributed by atoms with van der Waals surface area (Å²) < 4.78 is 5.89. The van der Waals surface area contributed by atoms with Crippen molar-refractivity contribution in [2.75, 3.05) is 6.61 Å². The van der Waals surface area contributed by atoms with Crippen LogP contribution in [0.2, 0.25) is 0 Å². The first-order valence-corrected chi connectivity index (χ1v) is 7.56. The monoisotopic (exact) mass is 282 g/mol. The van der Waals surface area contributed by atoms with Crippen LogP contribution in [-0.2, 0) is 6.42 Å². The number of rotatable bonds is 5. The van der Waals surface area contributed by atoms with Crippen LogP contribution in [0.1, 0.15) is 25.3 Å². The third-order valence-corrected chi connectivity index (χ3v) is 4.85. The summed E-state index contributed by atoms with van der Waals surface area (Å²) in [7, 11) is 0. The van der Waals surface area contributed by atoms with Gasteiger partial charge in [-0.3, -0.25) is 0 Å². The number of hydrogen-bond donors (Lipinski definition) is 1. The molecule has 110 valence electrons. The number of ether oxygens (including phenoxy) is 1. The van der Waals surface area contributed by atoms with Crippen LogP contribution in [0.4, 0.5) is 0 Å². The minimum Gasteiger partial charge on any atom is -0.493 e. The molecule has 2 atom stereocenters. The summed E-state index contributed by atoms with van der Waals surface area (Å²) in [5.41, 5.74) is 0.340. The topological polar surface area (TPSA) is 29.5 Å². The van der Waals surface area contributed by atoms with Crippen molar-refractivity contribution in [2.24, 2.45) is 5.41 Å². The molecule has 0 aliphatic heterocycles. The van der Waals surface area contributed by atoms with Crippen molar-refractivity contribution in [3.8, 4) is 5.75 Å². The summed E-state index contributed by atoms with van der Waals surface area (Å²) in [6.45, 7) is 2.68. The van der Waals surface area contributed by atoms with E-state index in [4.69, 9.17) is 4.74 Å². The molecule has 0 bridgehead atoms. The maximum atomic E-state index is 11.0. The molecule has 2 aromatic rings. The van der Waals surface area contributed by atoms with Crippen molar-refractivity contribution in [1.82, 2.24) is 0 Å². The Morgan fingerprint density at radius 2 is 1.57 bits per heavy atom. The van der Waals surface area contributed by atoms with Gasteiger partial charge in [-0.25, -0.2) is 0 Å². The smallest absolute Gasteiger partial charge is 0.119 e. The maximum absolute atomic E-state index is 11.0. The van der Waals surface area contributed by atoms with Gasteiger partial charge in [0, 0.05) is 11.8 Å². The lowest BCUT2D eigenvalue weighted by molar-refractivity contribution is -0.171. The van der Waals surface area contributed by atoms with E-state index in [-0.39, 0.29) is 5.41 Å². The van der Waals surface area contributed by atoms with E-state index in [0.29, 0.717) is 13.0 Å². The van der Waals surface area contributed by atoms with Crippen molar-refractivity contribution >= 4 is 0 Å². The molecule has 0 heterocycles. The summed E-state index contributed by atoms with van der Waals surface area (Å²) in [6.07, 6.45) is 2.54. The average Bonchev–Trinajstić information content (AvgIpc) is 2.53. The lowest BCUT2D eigenvalue weighted by Gasteiger charge is -2.54. The zero-order valence-electron chi connectivity index (χ0n) is 12.5. The third-order valence-electron chi connectivity index (χ3n) is 4.85. The van der Waals surface area contributed by atoms with Crippen LogP contribution in [0, 0.1) is 5.41 Å². The first-order chi connectivity index (χ1) is 10.1. The van der Waals surface area contributed by atoms with Gasteiger partial charge in [0.2, 0.25) is 0 Å². The second kappa shape index (κ2) is 5.53. The summed E-state index contributed by atoms with van der Waals surface area (Å²) in [5.74, 6) is 0.868. The van der Waals surface area contributed by atoms with Crippen LogP contribution in [-0.4, -0.2) is 17.3 Å². The normalized spacial score (nSPS) is 27.9. The molecule has 1 N–H and O–H groups in total. The van der Waals surface area contributed by atoms with Gasteiger partial charge in [-0.15, -0.1) is 0 Å². The summed E-state index contributed by atoms with van der Waals surface area (Å²) in [4.78, 5) is 0. The summed E-state index contributed by atoms with van der Waals surface area (Å²) in [6, 6.07) is 20.0. The highest BCUT2D eigenvalue weighted by atomic mass is 16.5. The highest BCUT2D eigenvalue weighted by molar-refractivity contribution is 5.23. The van der Waals surface area contributed by atoms with Crippen molar-refractivity contribution in [3.05, 3.63) is 66.2 Å². The van der Waals surface area contributed by atoms with Gasteiger partial charge in [0.05, 0.1) is 12.2 Å². The van der Waals surface area contributed by atoms with Gasteiger partial charge in [-0.1, -0.05) is 55.5 Å². The molecule has 1 aliphatic carbocycles. The Labute approximate surface area is 126 Å². The zero-order valence-corrected chi connectivity index (χ0v) is 12.5. The van der Waals surface area contributed by atoms with Crippen LogP contribution in [0.25, 0.3) is 0 Å². The standard InChI is InChI=1S/C19H22O2/c1-18(15-21-17-10-6-3-7-11-17)12-13-19(18,20)14-16-8-4-2-5-9-16/h2-11,20H,12-15H2,1H3/t18-,19-/m0/s1. The van der Waals surface area contributed by atoms with E-state index in [1.165, 1.54) is 5.56 Å². The lowest BCUT2D eigenvalue weighted by atomic mass is 9.56. The fourth-order valence-electron chi connectivity index (χ4n) is 3.04. The summed E-state index contributed by atoms with van der Waals surface area (Å²) >= 11 is 0. The summed E-state index contributed by atoms with van der Waals surface area (Å²) in [5, 5.41) is 11.0. The second-order valence-electron chi connectivity index (χ2n) is 6.36. The van der Waals surface area contributed by atoms with Gasteiger partial charge in [0.15, 0.2) is 0 Å². The van der Waals surface area contributed by atoms with E-state index in [2.05, 4.69) is 19.1 Å². The highest BCUT2D eigenvalue weighted by Crippen LogP contribution is 2.51. The van der Waals surface area contributed by atoms with Gasteiger partial charge in [0.1, 0.15) is 5.75 Å². The molecule has 1 fully saturated rings. The quantitative estimate of drug-likeness (QED) is 0.903. The van der Waals surface area contributed by atoms with Crippen LogP contribution < -0.4 is 4.74 Å². The van der Waals surface area contributed by atoms with Crippen LogP contribution in [0.15, 0.2) is 60.7 Å². The number of aliphatic hydroxyl groups is 1. The van der Waals surface area contributed by atoms with E-state index in [1.807, 2.05) is 48.5 Å². The fraction of sp³-hybridized carbons (Fsp3) is 0.368. The molecule has 0 aromatic heterocycles. The van der Waals surface area contributed by atoms with Gasteiger partial charge >= 0.3 is 0 Å². The molecule has 2 nitrogen and oxygen atoms in total. The Morgan fingerprint density at radius 3 is 2.14 bits per heavy atom. The molecule has 2 aromatic carbocycles. The van der Waals surface area contributed by atoms with Crippen LogP contribution in [0.5, 0.6) is 5.75 Å². The van der Waals surface area contributed by atoms with Gasteiger partial charge < -0.3 is 9.84 Å². The van der Waals surface area contributed by atoms with Crippen LogP contribution >= 0.6 is 0 Å². The minimum atomic E-state index is -0.664. The van der Waals surface area contributed by atoms with Crippen molar-refractivity contribution in [2.45, 2.75) is 31.8 Å². The van der Waals surface area contributed by atoms with E-state index in [9.17, 15) is 5.11 Å². The van der Waals surface area contributed by atoms with Crippen molar-refractivity contribution in [1.29, 1.82) is 0 Å². The zero-order chi connectivity index (χ0) is 14.8. The fourth-order valence-corrected chi connectivity index (χ4v) is 3.04. The predicted molar refractivity (Wildman–Crippen MR) is 84.4 cm³/mol. The second-order valence-corrected chi connectivity index (χ2v) is 6.36. The molecule has 1 saturated carbocycles. The van der Waals surface area contributed by atoms with Gasteiger partial charge in [0.25, 0.3) is 0 Å². The molecule has 0 spiro atoms. The number of hydrogen-bond acceptors (Lipinski definition) is 2. The van der Waals surface area contributed by atoms with E-state index >= 15 is 0 Å². The van der Waals surface area contributed by atoms with E-state index in [0.717, 1.165) is 18.6 Å². The molecule has 0 saturated heterocycles. The Kier molecular flexibility index (Phi) is 3.73. The molecule has 21 heavy (non-hydrogen) atoms. The van der Waals surface area contributed by atoms with Gasteiger partial charge in [-0.2, -0.15) is 0 Å². The first kappa shape index (κ1) is 14.2. The molecular formula is C19H22O2. The molecule has 1 aliphatic rings. The molecule has 0 unspecified atom stereocenters. The predicted octanol–water partition coefficient (Wildman–Crippen LogP) is 3.84. The highest BCUT2D eigenvalue weighted by Gasteiger charge is 2.55. The Bertz CT molecular complexity index is 581. The first-order valence-electron chi connectivity index (χ1n) is 7.56. The van der Waals surface area contributed by atoms with Crippen molar-refractivity contribution < 1.29 is 9.84 Å². The lowest BCUT2D eigenvalue weighted by Crippen LogP contribution is -2.59. The van der Waals surface area contributed by atoms with Crippen LogP contribution in [0.3, 0.4) is 0 Å². The number of para-hydroxylation sites is 1. The Morgan fingerprint density at radius 1 is 0.952 bits per heavy atom. The average molecular weight is 282 g/mol. The Hall–Kier alpha value is -1.80. The van der Waals surface area contributed by atoms with E-state index < -0.39 is 5.60 Å². The Balaban J connectivity index is 1.66. The molecule has 0 radical (unpaired) electrons. The number of benzene rings is 2. The largest absolute Gasteiger partial charge is 0.493 e. The van der Waals surface area contributed by atoms with E-state index in [1.54, 1.807) is 0 Å². The van der Waals surface area contributed by atoms with Gasteiger partial charge in [-0.05, 0) is 30.5 Å². The third kappa shape index (κ3) is 2.81. The molecule has 3 rings (SSSR count). The van der Waals surface area contributed by atoms with Crippen molar-refractivity contribution in [3.63, 3.8) is 0 Å². The SMILES string of the molecule is C[C@@]1(COc2ccccc2)CC[C@]1(O)Cc1ccccc1.